The number of thiazole rings is 1. The third-order valence-corrected chi connectivity index (χ3v) is 3.10. The van der Waals surface area contributed by atoms with Gasteiger partial charge in [-0.3, -0.25) is 0 Å². The first-order chi connectivity index (χ1) is 6.90. The fourth-order valence-corrected chi connectivity index (χ4v) is 2.34. The molecular formula is C11H11NS2. The molecule has 0 atom stereocenters. The first-order valence-electron chi connectivity index (χ1n) is 4.51. The Morgan fingerprint density at radius 1 is 1.21 bits per heavy atom. The summed E-state index contributed by atoms with van der Waals surface area (Å²) in [6.45, 7) is 0. The molecule has 14 heavy (non-hydrogen) atoms. The van der Waals surface area contributed by atoms with Crippen molar-refractivity contribution in [2.45, 2.75) is 6.42 Å². The Morgan fingerprint density at radius 2 is 2.00 bits per heavy atom. The van der Waals surface area contributed by atoms with Crippen LogP contribution in [-0.2, 0) is 6.42 Å². The van der Waals surface area contributed by atoms with E-state index in [1.54, 1.807) is 11.3 Å². The van der Waals surface area contributed by atoms with Crippen LogP contribution in [0.4, 0.5) is 0 Å². The molecule has 0 saturated heterocycles. The van der Waals surface area contributed by atoms with Gasteiger partial charge in [-0.2, -0.15) is 12.6 Å². The van der Waals surface area contributed by atoms with Gasteiger partial charge in [-0.1, -0.05) is 30.3 Å². The summed E-state index contributed by atoms with van der Waals surface area (Å²) < 4.78 is 0. The lowest BCUT2D eigenvalue weighted by molar-refractivity contribution is 1.08. The molecule has 0 unspecified atom stereocenters. The first kappa shape index (κ1) is 9.74. The summed E-state index contributed by atoms with van der Waals surface area (Å²) in [6.07, 6.45) is 0.951. The number of aromatic nitrogens is 1. The maximum absolute atomic E-state index is 4.54. The summed E-state index contributed by atoms with van der Waals surface area (Å²) in [5.74, 6) is 0.859. The molecule has 0 fully saturated rings. The highest BCUT2D eigenvalue weighted by molar-refractivity contribution is 7.80. The molecule has 0 aliphatic rings. The number of hydrogen-bond donors (Lipinski definition) is 1. The molecule has 0 spiro atoms. The molecule has 0 radical (unpaired) electrons. The van der Waals surface area contributed by atoms with E-state index in [1.807, 2.05) is 18.2 Å². The van der Waals surface area contributed by atoms with Gasteiger partial charge in [0.2, 0.25) is 0 Å². The number of hydrogen-bond acceptors (Lipinski definition) is 3. The van der Waals surface area contributed by atoms with Crippen LogP contribution in [0.1, 0.15) is 5.69 Å². The molecule has 0 amide bonds. The average molecular weight is 221 g/mol. The van der Waals surface area contributed by atoms with Crippen molar-refractivity contribution in [3.8, 4) is 10.6 Å². The second-order valence-electron chi connectivity index (χ2n) is 2.98. The number of benzene rings is 1. The van der Waals surface area contributed by atoms with Crippen LogP contribution in [0.2, 0.25) is 0 Å². The fraction of sp³-hybridized carbons (Fsp3) is 0.182. The molecule has 0 saturated carbocycles. The van der Waals surface area contributed by atoms with E-state index in [0.717, 1.165) is 22.9 Å². The van der Waals surface area contributed by atoms with Gasteiger partial charge >= 0.3 is 0 Å². The Balaban J connectivity index is 2.25. The maximum Gasteiger partial charge on any atom is 0.123 e. The monoisotopic (exact) mass is 221 g/mol. The Morgan fingerprint density at radius 3 is 2.71 bits per heavy atom. The third-order valence-electron chi connectivity index (χ3n) is 1.94. The van der Waals surface area contributed by atoms with E-state index in [1.165, 1.54) is 5.56 Å². The summed E-state index contributed by atoms with van der Waals surface area (Å²) in [7, 11) is 0. The Hall–Kier alpha value is -0.800. The Kier molecular flexibility index (Phi) is 3.22. The number of thiol groups is 1. The quantitative estimate of drug-likeness (QED) is 0.785. The smallest absolute Gasteiger partial charge is 0.123 e. The van der Waals surface area contributed by atoms with E-state index in [-0.39, 0.29) is 0 Å². The van der Waals surface area contributed by atoms with Crippen molar-refractivity contribution in [3.05, 3.63) is 41.4 Å². The van der Waals surface area contributed by atoms with Crippen molar-refractivity contribution in [1.82, 2.24) is 4.98 Å². The summed E-state index contributed by atoms with van der Waals surface area (Å²) in [5, 5.41) is 3.21. The number of nitrogens with zero attached hydrogens (tertiary/aromatic N) is 1. The second-order valence-corrected chi connectivity index (χ2v) is 4.29. The molecule has 1 aromatic heterocycles. The van der Waals surface area contributed by atoms with Crippen molar-refractivity contribution >= 4 is 24.0 Å². The molecule has 72 valence electrons. The van der Waals surface area contributed by atoms with Gasteiger partial charge in [0, 0.05) is 10.9 Å². The van der Waals surface area contributed by atoms with Crippen molar-refractivity contribution < 1.29 is 0 Å². The summed E-state index contributed by atoms with van der Waals surface area (Å²) in [5.41, 5.74) is 2.34. The van der Waals surface area contributed by atoms with Gasteiger partial charge in [0.05, 0.1) is 5.69 Å². The molecule has 0 aliphatic heterocycles. The van der Waals surface area contributed by atoms with Gasteiger partial charge in [0.25, 0.3) is 0 Å². The van der Waals surface area contributed by atoms with Gasteiger partial charge in [-0.25, -0.2) is 4.98 Å². The van der Waals surface area contributed by atoms with Crippen LogP contribution in [0.25, 0.3) is 10.6 Å². The number of aryl methyl sites for hydroxylation is 1. The summed E-state index contributed by atoms with van der Waals surface area (Å²) in [6, 6.07) is 10.3. The van der Waals surface area contributed by atoms with Crippen LogP contribution < -0.4 is 0 Å². The van der Waals surface area contributed by atoms with E-state index in [4.69, 9.17) is 0 Å². The lowest BCUT2D eigenvalue weighted by atomic mass is 10.2. The second kappa shape index (κ2) is 4.62. The largest absolute Gasteiger partial charge is 0.241 e. The predicted octanol–water partition coefficient (Wildman–Crippen LogP) is 3.28. The van der Waals surface area contributed by atoms with Crippen LogP contribution in [0.15, 0.2) is 35.7 Å². The molecule has 0 aliphatic carbocycles. The minimum atomic E-state index is 0.859. The lowest BCUT2D eigenvalue weighted by Crippen LogP contribution is -1.85. The molecule has 1 nitrogen and oxygen atoms in total. The molecular weight excluding hydrogens is 210 g/mol. The first-order valence-corrected chi connectivity index (χ1v) is 6.02. The molecule has 2 aromatic rings. The third kappa shape index (κ3) is 2.16. The van der Waals surface area contributed by atoms with Gasteiger partial charge in [0.1, 0.15) is 5.01 Å². The zero-order valence-corrected chi connectivity index (χ0v) is 9.39. The minimum absolute atomic E-state index is 0.859. The van der Waals surface area contributed by atoms with Crippen molar-refractivity contribution in [2.24, 2.45) is 0 Å². The van der Waals surface area contributed by atoms with Gasteiger partial charge in [0.15, 0.2) is 0 Å². The fourth-order valence-electron chi connectivity index (χ4n) is 1.25. The van der Waals surface area contributed by atoms with Crippen molar-refractivity contribution in [2.75, 3.05) is 5.75 Å². The molecule has 3 heteroatoms. The lowest BCUT2D eigenvalue weighted by Gasteiger charge is -1.93. The molecule has 0 N–H and O–H groups in total. The Bertz CT molecular complexity index is 395. The van der Waals surface area contributed by atoms with Crippen molar-refractivity contribution in [3.63, 3.8) is 0 Å². The topological polar surface area (TPSA) is 12.9 Å². The van der Waals surface area contributed by atoms with E-state index in [9.17, 15) is 0 Å². The highest BCUT2D eigenvalue weighted by Gasteiger charge is 2.02. The van der Waals surface area contributed by atoms with E-state index in [2.05, 4.69) is 35.1 Å². The predicted molar refractivity (Wildman–Crippen MR) is 65.1 cm³/mol. The minimum Gasteiger partial charge on any atom is -0.241 e. The zero-order chi connectivity index (χ0) is 9.80. The molecule has 2 rings (SSSR count). The van der Waals surface area contributed by atoms with Crippen LogP contribution >= 0.6 is 24.0 Å². The van der Waals surface area contributed by atoms with Crippen LogP contribution in [0, 0.1) is 0 Å². The Labute approximate surface area is 93.2 Å². The normalized spacial score (nSPS) is 10.4. The van der Waals surface area contributed by atoms with Gasteiger partial charge in [-0.05, 0) is 12.2 Å². The summed E-state index contributed by atoms with van der Waals surface area (Å²) in [4.78, 5) is 4.54. The standard InChI is InChI=1S/C11H11NS2/c13-7-6-10-8-14-11(12-10)9-4-2-1-3-5-9/h1-5,8,13H,6-7H2. The van der Waals surface area contributed by atoms with Crippen LogP contribution in [-0.4, -0.2) is 10.7 Å². The van der Waals surface area contributed by atoms with Gasteiger partial charge < -0.3 is 0 Å². The highest BCUT2D eigenvalue weighted by Crippen LogP contribution is 2.23. The average Bonchev–Trinajstić information content (AvgIpc) is 2.68. The molecule has 0 bridgehead atoms. The van der Waals surface area contributed by atoms with E-state index < -0.39 is 0 Å². The zero-order valence-electron chi connectivity index (χ0n) is 7.68. The highest BCUT2D eigenvalue weighted by atomic mass is 32.1. The van der Waals surface area contributed by atoms with Crippen LogP contribution in [0.3, 0.4) is 0 Å². The summed E-state index contributed by atoms with van der Waals surface area (Å²) >= 11 is 5.89. The van der Waals surface area contributed by atoms with Crippen LogP contribution in [0.5, 0.6) is 0 Å². The maximum atomic E-state index is 4.54. The van der Waals surface area contributed by atoms with Crippen molar-refractivity contribution in [1.29, 1.82) is 0 Å². The van der Waals surface area contributed by atoms with Gasteiger partial charge in [-0.15, -0.1) is 11.3 Å². The van der Waals surface area contributed by atoms with E-state index >= 15 is 0 Å². The SMILES string of the molecule is SCCc1csc(-c2ccccc2)n1. The molecule has 1 heterocycles. The molecule has 1 aromatic carbocycles. The number of rotatable bonds is 3. The van der Waals surface area contributed by atoms with E-state index in [0.29, 0.717) is 0 Å².